The Balaban J connectivity index is 2.15. The lowest BCUT2D eigenvalue weighted by molar-refractivity contribution is -0.139. The van der Waals surface area contributed by atoms with Crippen LogP contribution in [-0.2, 0) is 9.59 Å². The lowest BCUT2D eigenvalue weighted by Gasteiger charge is -2.19. The number of carbonyl (C=O) groups excluding carboxylic acids is 2. The zero-order valence-electron chi connectivity index (χ0n) is 10.5. The van der Waals surface area contributed by atoms with E-state index in [0.29, 0.717) is 18.5 Å². The Kier molecular flexibility index (Phi) is 3.74. The largest absolute Gasteiger partial charge is 0.504 e. The highest BCUT2D eigenvalue weighted by molar-refractivity contribution is 6.06. The van der Waals surface area contributed by atoms with Crippen LogP contribution in [0.15, 0.2) is 30.4 Å². The molecule has 2 rings (SSSR count). The Labute approximate surface area is 114 Å². The number of hydrogen-bond acceptors (Lipinski definition) is 5. The molecule has 0 bridgehead atoms. The summed E-state index contributed by atoms with van der Waals surface area (Å²) in [7, 11) is 0. The number of aromatic hydroxyl groups is 3. The van der Waals surface area contributed by atoms with Crippen LogP contribution < -0.4 is 0 Å². The molecule has 0 spiro atoms. The number of phenolic OH excluding ortho intramolecular Hbond substituents is 3. The van der Waals surface area contributed by atoms with Crippen molar-refractivity contribution in [2.75, 3.05) is 6.54 Å². The predicted molar refractivity (Wildman–Crippen MR) is 70.9 cm³/mol. The van der Waals surface area contributed by atoms with Crippen molar-refractivity contribution in [3.05, 3.63) is 35.9 Å². The second kappa shape index (κ2) is 5.48. The molecule has 0 atom stereocenters. The van der Waals surface area contributed by atoms with E-state index in [1.54, 1.807) is 6.08 Å². The molecule has 2 amide bonds. The molecule has 1 aliphatic rings. The van der Waals surface area contributed by atoms with Crippen LogP contribution >= 0.6 is 0 Å². The smallest absolute Gasteiger partial charge is 0.253 e. The molecule has 1 aromatic rings. The summed E-state index contributed by atoms with van der Waals surface area (Å²) in [6.07, 6.45) is 6.17. The van der Waals surface area contributed by atoms with Gasteiger partial charge >= 0.3 is 0 Å². The molecule has 6 heteroatoms. The van der Waals surface area contributed by atoms with Crippen LogP contribution in [0.25, 0.3) is 6.08 Å². The van der Waals surface area contributed by atoms with Crippen LogP contribution in [0.5, 0.6) is 17.2 Å². The minimum absolute atomic E-state index is 0.324. The topological polar surface area (TPSA) is 98.1 Å². The fraction of sp³-hybridized carbons (Fsp3) is 0.143. The number of benzene rings is 1. The lowest BCUT2D eigenvalue weighted by atomic mass is 10.1. The maximum Gasteiger partial charge on any atom is 0.253 e. The molecular weight excluding hydrogens is 262 g/mol. The van der Waals surface area contributed by atoms with E-state index in [4.69, 9.17) is 0 Å². The first-order chi connectivity index (χ1) is 9.49. The minimum atomic E-state index is -0.621. The zero-order chi connectivity index (χ0) is 14.7. The number of amides is 2. The molecule has 1 aliphatic heterocycles. The van der Waals surface area contributed by atoms with E-state index in [1.165, 1.54) is 30.4 Å². The van der Waals surface area contributed by atoms with Crippen molar-refractivity contribution >= 4 is 17.9 Å². The first-order valence-electron chi connectivity index (χ1n) is 5.94. The first kappa shape index (κ1) is 13.7. The summed E-state index contributed by atoms with van der Waals surface area (Å²) in [5.41, 5.74) is 0.325. The zero-order valence-corrected chi connectivity index (χ0v) is 10.5. The fourth-order valence-corrected chi connectivity index (χ4v) is 1.79. The molecule has 1 heterocycles. The van der Waals surface area contributed by atoms with Crippen LogP contribution in [0.2, 0.25) is 0 Å². The second-order valence-electron chi connectivity index (χ2n) is 4.26. The van der Waals surface area contributed by atoms with Crippen molar-refractivity contribution in [2.45, 2.75) is 6.42 Å². The highest BCUT2D eigenvalue weighted by Crippen LogP contribution is 2.35. The molecule has 104 valence electrons. The third kappa shape index (κ3) is 2.80. The number of rotatable bonds is 2. The average molecular weight is 275 g/mol. The number of nitrogens with zero attached hydrogens (tertiary/aromatic N) is 1. The van der Waals surface area contributed by atoms with Crippen molar-refractivity contribution in [3.8, 4) is 17.2 Å². The molecule has 0 saturated heterocycles. The molecule has 0 aliphatic carbocycles. The van der Waals surface area contributed by atoms with Crippen molar-refractivity contribution in [1.82, 2.24) is 4.90 Å². The predicted octanol–water partition coefficient (Wildman–Crippen LogP) is 1.13. The molecule has 0 radical (unpaired) electrons. The van der Waals surface area contributed by atoms with Gasteiger partial charge in [0.2, 0.25) is 0 Å². The minimum Gasteiger partial charge on any atom is -0.504 e. The van der Waals surface area contributed by atoms with Gasteiger partial charge in [-0.2, -0.15) is 0 Å². The maximum absolute atomic E-state index is 11.8. The van der Waals surface area contributed by atoms with E-state index < -0.39 is 23.2 Å². The standard InChI is InChI=1S/C14H13NO5/c16-10-7-9(8-11(17)14(10)20)4-5-13(19)15-6-2-1-3-12(15)18/h1,3-5,7-8,16-17,20H,2,6H2/b5-4+. The Morgan fingerprint density at radius 2 is 1.85 bits per heavy atom. The average Bonchev–Trinajstić information content (AvgIpc) is 2.42. The van der Waals surface area contributed by atoms with E-state index in [0.717, 1.165) is 4.90 Å². The van der Waals surface area contributed by atoms with Gasteiger partial charge in [-0.15, -0.1) is 0 Å². The van der Waals surface area contributed by atoms with Crippen molar-refractivity contribution in [1.29, 1.82) is 0 Å². The van der Waals surface area contributed by atoms with E-state index in [1.807, 2.05) is 0 Å². The van der Waals surface area contributed by atoms with Crippen LogP contribution in [0.4, 0.5) is 0 Å². The van der Waals surface area contributed by atoms with Crippen molar-refractivity contribution < 1.29 is 24.9 Å². The summed E-state index contributed by atoms with van der Waals surface area (Å²) < 4.78 is 0. The van der Waals surface area contributed by atoms with Crippen LogP contribution in [0, 0.1) is 0 Å². The lowest BCUT2D eigenvalue weighted by Crippen LogP contribution is -2.37. The molecule has 0 fully saturated rings. The summed E-state index contributed by atoms with van der Waals surface area (Å²) in [4.78, 5) is 24.4. The van der Waals surface area contributed by atoms with Gasteiger partial charge < -0.3 is 15.3 Å². The van der Waals surface area contributed by atoms with Gasteiger partial charge in [0.05, 0.1) is 0 Å². The first-order valence-corrected chi connectivity index (χ1v) is 5.94. The summed E-state index contributed by atoms with van der Waals surface area (Å²) in [5, 5.41) is 27.9. The van der Waals surface area contributed by atoms with E-state index >= 15 is 0 Å². The van der Waals surface area contributed by atoms with Gasteiger partial charge in [-0.25, -0.2) is 0 Å². The van der Waals surface area contributed by atoms with Crippen LogP contribution in [-0.4, -0.2) is 38.6 Å². The Morgan fingerprint density at radius 3 is 2.45 bits per heavy atom. The van der Waals surface area contributed by atoms with Gasteiger partial charge in [0.25, 0.3) is 11.8 Å². The van der Waals surface area contributed by atoms with E-state index in [-0.39, 0.29) is 5.91 Å². The summed E-state index contributed by atoms with van der Waals surface area (Å²) >= 11 is 0. The third-order valence-electron chi connectivity index (χ3n) is 2.82. The Bertz CT molecular complexity index is 595. The highest BCUT2D eigenvalue weighted by atomic mass is 16.3. The van der Waals surface area contributed by atoms with Crippen molar-refractivity contribution in [3.63, 3.8) is 0 Å². The van der Waals surface area contributed by atoms with Gasteiger partial charge in [0.15, 0.2) is 17.2 Å². The molecule has 0 aromatic heterocycles. The van der Waals surface area contributed by atoms with Gasteiger partial charge in [0, 0.05) is 12.6 Å². The second-order valence-corrected chi connectivity index (χ2v) is 4.26. The van der Waals surface area contributed by atoms with Gasteiger partial charge in [-0.3, -0.25) is 14.5 Å². The fourth-order valence-electron chi connectivity index (χ4n) is 1.79. The summed E-state index contributed by atoms with van der Waals surface area (Å²) in [6, 6.07) is 2.38. The quantitative estimate of drug-likeness (QED) is 0.555. The number of hydrogen-bond donors (Lipinski definition) is 3. The molecule has 3 N–H and O–H groups in total. The Hall–Kier alpha value is -2.76. The summed E-state index contributed by atoms with van der Waals surface area (Å²) in [5.74, 6) is -2.46. The van der Waals surface area contributed by atoms with Gasteiger partial charge in [0.1, 0.15) is 0 Å². The monoisotopic (exact) mass is 275 g/mol. The van der Waals surface area contributed by atoms with Crippen LogP contribution in [0.1, 0.15) is 12.0 Å². The van der Waals surface area contributed by atoms with E-state index in [9.17, 15) is 24.9 Å². The van der Waals surface area contributed by atoms with Crippen LogP contribution in [0.3, 0.4) is 0 Å². The molecular formula is C14H13NO5. The number of carbonyl (C=O) groups is 2. The molecule has 0 unspecified atom stereocenters. The van der Waals surface area contributed by atoms with Gasteiger partial charge in [-0.1, -0.05) is 6.08 Å². The maximum atomic E-state index is 11.8. The Morgan fingerprint density at radius 1 is 1.20 bits per heavy atom. The third-order valence-corrected chi connectivity index (χ3v) is 2.82. The van der Waals surface area contributed by atoms with E-state index in [2.05, 4.69) is 0 Å². The number of imide groups is 1. The SMILES string of the molecule is O=C1C=CCCN1C(=O)/C=C/c1cc(O)c(O)c(O)c1. The molecule has 20 heavy (non-hydrogen) atoms. The molecule has 6 nitrogen and oxygen atoms in total. The van der Waals surface area contributed by atoms with Crippen molar-refractivity contribution in [2.24, 2.45) is 0 Å². The van der Waals surface area contributed by atoms with Gasteiger partial charge in [-0.05, 0) is 36.3 Å². The molecule has 1 aromatic carbocycles. The summed E-state index contributed by atoms with van der Waals surface area (Å²) in [6.45, 7) is 0.324. The molecule has 0 saturated carbocycles. The number of phenols is 3. The highest BCUT2D eigenvalue weighted by Gasteiger charge is 2.18. The normalized spacial score (nSPS) is 15.0.